The quantitative estimate of drug-likeness (QED) is 0.398. The number of Topliss-reactive ketones (excluding diaryl/α,β-unsaturated/α-hetero) is 1. The van der Waals surface area contributed by atoms with Crippen molar-refractivity contribution >= 4 is 28.0 Å². The number of hydrogen-bond acceptors (Lipinski definition) is 2. The Bertz CT molecular complexity index is 142. The molecular weight excluding hydrogens is 223 g/mol. The number of aldehydes is 1. The molecule has 0 aliphatic rings. The maximum atomic E-state index is 10.2. The molecule has 0 unspecified atom stereocenters. The summed E-state index contributed by atoms with van der Waals surface area (Å²) in [7, 11) is 0. The van der Waals surface area contributed by atoms with E-state index >= 15 is 0 Å². The van der Waals surface area contributed by atoms with Crippen LogP contribution in [0.1, 0.15) is 6.92 Å². The number of rotatable bonds is 2. The second-order valence-electron chi connectivity index (χ2n) is 1.13. The second kappa shape index (κ2) is 6.27. The van der Waals surface area contributed by atoms with Gasteiger partial charge in [0.05, 0.1) is 6.29 Å². The van der Waals surface area contributed by atoms with Gasteiger partial charge in [-0.1, -0.05) is 22.9 Å². The number of halogens is 1. The zero-order chi connectivity index (χ0) is 6.57. The molecule has 0 aromatic carbocycles. The molecule has 0 aromatic heterocycles. The number of carbonyl (C=O) groups excluding carboxylic acids is 2. The molecule has 47 valence electrons. The van der Waals surface area contributed by atoms with Crippen molar-refractivity contribution in [3.63, 3.8) is 0 Å². The topological polar surface area (TPSA) is 34.1 Å². The van der Waals surface area contributed by atoms with Gasteiger partial charge in [-0.15, -0.1) is 4.48 Å². The molecule has 0 saturated carbocycles. The Morgan fingerprint density at radius 3 is 2.22 bits per heavy atom. The van der Waals surface area contributed by atoms with Crippen LogP contribution in [0.4, 0.5) is 0 Å². The molecule has 0 fully saturated rings. The van der Waals surface area contributed by atoms with Crippen molar-refractivity contribution in [3.8, 4) is 0 Å². The van der Waals surface area contributed by atoms with Crippen molar-refractivity contribution < 1.29 is 28.1 Å². The van der Waals surface area contributed by atoms with E-state index in [2.05, 4.69) is 22.0 Å². The van der Waals surface area contributed by atoms with Crippen molar-refractivity contribution in [2.45, 2.75) is 6.92 Å². The molecule has 1 radical (unpaired) electrons. The van der Waals surface area contributed by atoms with E-state index in [0.29, 0.717) is 6.29 Å². The summed E-state index contributed by atoms with van der Waals surface area (Å²) in [5, 5.41) is 0. The zero-order valence-corrected chi connectivity index (χ0v) is 7.70. The van der Waals surface area contributed by atoms with E-state index < -0.39 is 0 Å². The predicted molar refractivity (Wildman–Crippen MR) is 32.4 cm³/mol. The van der Waals surface area contributed by atoms with Gasteiger partial charge in [0.1, 0.15) is 0 Å². The van der Waals surface area contributed by atoms with E-state index in [4.69, 9.17) is 0 Å². The predicted octanol–water partition coefficient (Wildman–Crippen LogP) is 0.854. The summed E-state index contributed by atoms with van der Waals surface area (Å²) >= 11 is 2.83. The molecule has 0 heterocycles. The fourth-order valence-corrected chi connectivity index (χ4v) is 0.247. The normalized spacial score (nSPS) is 9.78. The number of hydrogen-bond donors (Lipinski definition) is 0. The molecule has 2 nitrogen and oxygen atoms in total. The van der Waals surface area contributed by atoms with Crippen LogP contribution in [0.2, 0.25) is 0 Å². The van der Waals surface area contributed by atoms with Gasteiger partial charge in [-0.2, -0.15) is 6.08 Å². The molecule has 0 bridgehead atoms. The smallest absolute Gasteiger partial charge is 0.406 e. The number of carbonyl (C=O) groups is 2. The third-order valence-electron chi connectivity index (χ3n) is 0.495. The van der Waals surface area contributed by atoms with Gasteiger partial charge in [-0.3, -0.25) is 0 Å². The van der Waals surface area contributed by atoms with Crippen LogP contribution in [-0.2, 0) is 28.1 Å². The first kappa shape index (κ1) is 11.9. The van der Waals surface area contributed by atoms with Crippen LogP contribution in [0.5, 0.6) is 0 Å². The van der Waals surface area contributed by atoms with Gasteiger partial charge < -0.3 is 9.59 Å². The summed E-state index contributed by atoms with van der Waals surface area (Å²) in [5.74, 6) is -0.197. The fourth-order valence-electron chi connectivity index (χ4n) is 0.153. The van der Waals surface area contributed by atoms with Crippen LogP contribution in [0.3, 0.4) is 0 Å². The summed E-state index contributed by atoms with van der Waals surface area (Å²) in [6.45, 7) is 1.35. The maximum absolute atomic E-state index is 10.2. The number of allylic oxidation sites excluding steroid dienone is 2. The summed E-state index contributed by atoms with van der Waals surface area (Å²) in [6, 6.07) is 0. The van der Waals surface area contributed by atoms with Crippen LogP contribution in [0.25, 0.3) is 0 Å². The maximum Gasteiger partial charge on any atom is 2.00 e. The van der Waals surface area contributed by atoms with Crippen LogP contribution in [0.15, 0.2) is 4.48 Å². The molecule has 0 rings (SSSR count). The average molecular weight is 227 g/mol. The van der Waals surface area contributed by atoms with E-state index in [1.54, 1.807) is 0 Å². The van der Waals surface area contributed by atoms with Crippen LogP contribution in [0, 0.1) is 6.08 Å². The molecule has 0 spiro atoms. The molecule has 0 aliphatic heterocycles. The minimum absolute atomic E-state index is 0. The minimum atomic E-state index is -0.197. The van der Waals surface area contributed by atoms with Crippen molar-refractivity contribution in [3.05, 3.63) is 10.6 Å². The van der Waals surface area contributed by atoms with Gasteiger partial charge in [0.15, 0.2) is 0 Å². The third-order valence-corrected chi connectivity index (χ3v) is 1.28. The monoisotopic (exact) mass is 226 g/mol. The van der Waals surface area contributed by atoms with Crippen molar-refractivity contribution in [1.82, 2.24) is 0 Å². The molecule has 0 saturated heterocycles. The third kappa shape index (κ3) is 6.02. The molecule has 0 atom stereocenters. The first-order valence-corrected chi connectivity index (χ1v) is 2.71. The van der Waals surface area contributed by atoms with Crippen molar-refractivity contribution in [2.24, 2.45) is 0 Å². The van der Waals surface area contributed by atoms with E-state index in [1.807, 2.05) is 0 Å². The number of ketones is 1. The molecule has 0 amide bonds. The Labute approximate surface area is 73.7 Å². The van der Waals surface area contributed by atoms with Gasteiger partial charge in [0.2, 0.25) is 0 Å². The van der Waals surface area contributed by atoms with E-state index in [-0.39, 0.29) is 28.8 Å². The summed E-state index contributed by atoms with van der Waals surface area (Å²) < 4.78 is 0.188. The van der Waals surface area contributed by atoms with Gasteiger partial charge in [-0.25, -0.2) is 0 Å². The average Bonchev–Trinajstić information content (AvgIpc) is 1.67. The van der Waals surface area contributed by atoms with Gasteiger partial charge in [0, 0.05) is 5.78 Å². The van der Waals surface area contributed by atoms with E-state index in [1.165, 1.54) is 6.92 Å². The first-order valence-electron chi connectivity index (χ1n) is 1.92. The van der Waals surface area contributed by atoms with Crippen LogP contribution < -0.4 is 0 Å². The standard InChI is InChI=1S/C5H4BrO2.V/c1-4(8)5(6)2-3-7;/h3H,1H3;/q-1;+2. The molecule has 0 aliphatic carbocycles. The van der Waals surface area contributed by atoms with E-state index in [0.717, 1.165) is 0 Å². The summed E-state index contributed by atoms with van der Waals surface area (Å²) in [4.78, 5) is 19.8. The fraction of sp³-hybridized carbons (Fsp3) is 0.200. The molecule has 0 aromatic rings. The minimum Gasteiger partial charge on any atom is -0.406 e. The van der Waals surface area contributed by atoms with Crippen LogP contribution >= 0.6 is 15.9 Å². The van der Waals surface area contributed by atoms with Gasteiger partial charge in [-0.05, 0) is 0 Å². The van der Waals surface area contributed by atoms with Crippen molar-refractivity contribution in [2.75, 3.05) is 0 Å². The second-order valence-corrected chi connectivity index (χ2v) is 1.93. The Balaban J connectivity index is 0. The van der Waals surface area contributed by atoms with E-state index in [9.17, 15) is 9.59 Å². The Hall–Kier alpha value is 0.144. The summed E-state index contributed by atoms with van der Waals surface area (Å²) in [6.07, 6.45) is 2.58. The largest absolute Gasteiger partial charge is 2.00 e. The zero-order valence-electron chi connectivity index (χ0n) is 4.72. The summed E-state index contributed by atoms with van der Waals surface area (Å²) in [5.41, 5.74) is 0. The molecule has 9 heavy (non-hydrogen) atoms. The SMILES string of the molecule is CC(=O)C(Br)=[C-]C=O.[V+2]. The first-order chi connectivity index (χ1) is 3.68. The van der Waals surface area contributed by atoms with Crippen LogP contribution in [-0.4, -0.2) is 12.1 Å². The Morgan fingerprint density at radius 2 is 2.11 bits per heavy atom. The molecule has 4 heteroatoms. The van der Waals surface area contributed by atoms with Crippen molar-refractivity contribution in [1.29, 1.82) is 0 Å². The van der Waals surface area contributed by atoms with Gasteiger partial charge >= 0.3 is 18.6 Å². The Morgan fingerprint density at radius 1 is 1.67 bits per heavy atom. The Kier molecular flexibility index (Phi) is 8.28. The molecular formula is C5H4BrO2V+. The molecule has 0 N–H and O–H groups in total. The van der Waals surface area contributed by atoms with Gasteiger partial charge in [0.25, 0.3) is 0 Å².